The molecule has 0 saturated heterocycles. The Balaban J connectivity index is 2.02. The highest BCUT2D eigenvalue weighted by molar-refractivity contribution is 5.99. The van der Waals surface area contributed by atoms with E-state index in [1.165, 1.54) is 25.4 Å². The van der Waals surface area contributed by atoms with E-state index in [0.29, 0.717) is 11.3 Å². The molecular formula is C17H18F2N4O. The van der Waals surface area contributed by atoms with Crippen LogP contribution in [0.1, 0.15) is 28.6 Å². The number of hydrogen-bond acceptors (Lipinski definition) is 4. The Bertz CT molecular complexity index is 807. The van der Waals surface area contributed by atoms with Crippen molar-refractivity contribution < 1.29 is 13.5 Å². The summed E-state index contributed by atoms with van der Waals surface area (Å²) in [5.41, 5.74) is 7.70. The fourth-order valence-electron chi connectivity index (χ4n) is 2.80. The number of nitrogens with two attached hydrogens (primary N) is 1. The molecule has 3 rings (SSSR count). The third-order valence-corrected chi connectivity index (χ3v) is 4.19. The first-order valence-electron chi connectivity index (χ1n) is 7.40. The van der Waals surface area contributed by atoms with Gasteiger partial charge in [0.2, 0.25) is 0 Å². The Morgan fingerprint density at radius 3 is 2.79 bits per heavy atom. The molecule has 0 fully saturated rings. The zero-order valence-electron chi connectivity index (χ0n) is 13.6. The molecule has 2 heterocycles. The molecule has 2 aromatic rings. The summed E-state index contributed by atoms with van der Waals surface area (Å²) in [6.07, 6.45) is 0.545. The molecule has 0 bridgehead atoms. The van der Waals surface area contributed by atoms with Gasteiger partial charge in [0, 0.05) is 11.8 Å². The smallest absolute Gasteiger partial charge is 0.335 e. The van der Waals surface area contributed by atoms with E-state index >= 15 is 0 Å². The Hall–Kier alpha value is -2.54. The number of halogens is 2. The third-order valence-electron chi connectivity index (χ3n) is 4.19. The van der Waals surface area contributed by atoms with Gasteiger partial charge in [-0.15, -0.1) is 0 Å². The molecule has 1 aliphatic heterocycles. The Morgan fingerprint density at radius 1 is 1.38 bits per heavy atom. The second-order valence-electron chi connectivity index (χ2n) is 5.66. The largest absolute Gasteiger partial charge is 0.497 e. The van der Waals surface area contributed by atoms with Crippen LogP contribution in [-0.2, 0) is 6.05 Å². The molecule has 1 aromatic carbocycles. The van der Waals surface area contributed by atoms with Crippen molar-refractivity contribution in [2.24, 2.45) is 10.7 Å². The number of hydrogen-bond donors (Lipinski definition) is 1. The van der Waals surface area contributed by atoms with Crippen LogP contribution >= 0.6 is 0 Å². The quantitative estimate of drug-likeness (QED) is 0.533. The molecule has 0 amide bonds. The van der Waals surface area contributed by atoms with Gasteiger partial charge in [0.25, 0.3) is 0 Å². The van der Waals surface area contributed by atoms with Gasteiger partial charge < -0.3 is 10.5 Å². The second kappa shape index (κ2) is 5.83. The van der Waals surface area contributed by atoms with Crippen LogP contribution in [0.5, 0.6) is 5.75 Å². The number of fused-ring (bicyclic) bond motifs is 1. The van der Waals surface area contributed by atoms with Crippen LogP contribution in [0.25, 0.3) is 0 Å². The number of alkyl halides is 2. The highest BCUT2D eigenvalue weighted by Gasteiger charge is 2.51. The van der Waals surface area contributed by atoms with E-state index in [1.54, 1.807) is 19.2 Å². The van der Waals surface area contributed by atoms with E-state index in [2.05, 4.69) is 9.98 Å². The maximum Gasteiger partial charge on any atom is 0.335 e. The Kier molecular flexibility index (Phi) is 3.96. The Morgan fingerprint density at radius 2 is 2.12 bits per heavy atom. The molecule has 126 valence electrons. The minimum atomic E-state index is -3.13. The summed E-state index contributed by atoms with van der Waals surface area (Å²) in [6.45, 7) is 1.86. The molecule has 24 heavy (non-hydrogen) atoms. The number of nitrogens with zero attached hydrogens (tertiary/aromatic N) is 3. The van der Waals surface area contributed by atoms with Gasteiger partial charge in [0.1, 0.15) is 11.6 Å². The van der Waals surface area contributed by atoms with Crippen molar-refractivity contribution in [2.45, 2.75) is 19.1 Å². The average molecular weight is 332 g/mol. The molecular weight excluding hydrogens is 314 g/mol. The van der Waals surface area contributed by atoms with Gasteiger partial charge in [-0.1, -0.05) is 0 Å². The number of aliphatic imine (C=N–C) groups is 1. The number of pyridine rings is 1. The molecule has 1 aromatic heterocycles. The van der Waals surface area contributed by atoms with Gasteiger partial charge in [-0.05, 0) is 49.9 Å². The summed E-state index contributed by atoms with van der Waals surface area (Å²) >= 11 is 0. The van der Waals surface area contributed by atoms with E-state index in [-0.39, 0.29) is 17.1 Å². The van der Waals surface area contributed by atoms with Gasteiger partial charge >= 0.3 is 6.05 Å². The molecule has 1 aliphatic rings. The molecule has 0 saturated carbocycles. The summed E-state index contributed by atoms with van der Waals surface area (Å²) in [6, 6.07) is 5.06. The minimum absolute atomic E-state index is 0.138. The summed E-state index contributed by atoms with van der Waals surface area (Å²) in [4.78, 5) is 9.27. The molecule has 0 spiro atoms. The van der Waals surface area contributed by atoms with Crippen LogP contribution in [0.4, 0.5) is 8.78 Å². The topological polar surface area (TPSA) is 63.7 Å². The number of ether oxygens (including phenoxy) is 1. The maximum atomic E-state index is 14.4. The van der Waals surface area contributed by atoms with Crippen LogP contribution < -0.4 is 10.5 Å². The van der Waals surface area contributed by atoms with Gasteiger partial charge in [-0.3, -0.25) is 4.98 Å². The van der Waals surface area contributed by atoms with Gasteiger partial charge in [0.05, 0.1) is 18.4 Å². The van der Waals surface area contributed by atoms with Gasteiger partial charge in [-0.2, -0.15) is 8.78 Å². The zero-order chi connectivity index (χ0) is 17.5. The first kappa shape index (κ1) is 16.3. The monoisotopic (exact) mass is 332 g/mol. The number of aromatic nitrogens is 1. The number of benzene rings is 1. The number of amidine groups is 1. The van der Waals surface area contributed by atoms with Crippen molar-refractivity contribution >= 4 is 5.84 Å². The molecule has 0 aliphatic carbocycles. The summed E-state index contributed by atoms with van der Waals surface area (Å²) < 4.78 is 33.9. The highest BCUT2D eigenvalue weighted by atomic mass is 19.3. The zero-order valence-corrected chi connectivity index (χ0v) is 13.6. The van der Waals surface area contributed by atoms with E-state index in [0.717, 1.165) is 10.5 Å². The fourth-order valence-corrected chi connectivity index (χ4v) is 2.80. The van der Waals surface area contributed by atoms with Crippen LogP contribution in [0.2, 0.25) is 0 Å². The van der Waals surface area contributed by atoms with Crippen LogP contribution in [0.15, 0.2) is 41.5 Å². The van der Waals surface area contributed by atoms with E-state index in [9.17, 15) is 8.78 Å². The molecule has 2 N–H and O–H groups in total. The molecule has 1 unspecified atom stereocenters. The summed E-state index contributed by atoms with van der Waals surface area (Å²) in [5, 5.41) is 0. The standard InChI is InChI=1S/C17H18F2N4O/c1-10-9-11(24-3)6-7-12(10)15(20)22-16-14-13(5-4-8-21-14)17(18,19)23(16)2/h4-9,16H,1-3H3,(H2,20,22). The SMILES string of the molecule is COc1ccc(/C(N)=N/C2c3ncccc3C(F)(F)N2C)c(C)c1. The van der Waals surface area contributed by atoms with Crippen molar-refractivity contribution in [3.8, 4) is 5.75 Å². The Labute approximate surface area is 138 Å². The van der Waals surface area contributed by atoms with Gasteiger partial charge in [0.15, 0.2) is 6.17 Å². The van der Waals surface area contributed by atoms with Crippen LogP contribution in [0, 0.1) is 6.92 Å². The van der Waals surface area contributed by atoms with Crippen molar-refractivity contribution in [1.29, 1.82) is 0 Å². The molecule has 0 radical (unpaired) electrons. The number of methoxy groups -OCH3 is 1. The van der Waals surface area contributed by atoms with Crippen molar-refractivity contribution in [3.05, 3.63) is 58.9 Å². The fraction of sp³-hybridized carbons (Fsp3) is 0.294. The van der Waals surface area contributed by atoms with Crippen molar-refractivity contribution in [1.82, 2.24) is 9.88 Å². The van der Waals surface area contributed by atoms with Gasteiger partial charge in [-0.25, -0.2) is 9.89 Å². The predicted octanol–water partition coefficient (Wildman–Crippen LogP) is 2.80. The summed E-state index contributed by atoms with van der Waals surface area (Å²) in [5.74, 6) is 0.877. The van der Waals surface area contributed by atoms with Crippen LogP contribution in [0.3, 0.4) is 0 Å². The van der Waals surface area contributed by atoms with Crippen molar-refractivity contribution in [2.75, 3.05) is 14.2 Å². The first-order chi connectivity index (χ1) is 11.4. The lowest BCUT2D eigenvalue weighted by molar-refractivity contribution is -0.143. The lowest BCUT2D eigenvalue weighted by Crippen LogP contribution is -2.32. The third kappa shape index (κ3) is 2.50. The van der Waals surface area contributed by atoms with E-state index < -0.39 is 12.2 Å². The first-order valence-corrected chi connectivity index (χ1v) is 7.40. The highest BCUT2D eigenvalue weighted by Crippen LogP contribution is 2.46. The molecule has 1 atom stereocenters. The number of aryl methyl sites for hydroxylation is 1. The number of rotatable bonds is 3. The minimum Gasteiger partial charge on any atom is -0.497 e. The normalized spacial score (nSPS) is 20.0. The molecule has 5 nitrogen and oxygen atoms in total. The molecule has 7 heteroatoms. The second-order valence-corrected chi connectivity index (χ2v) is 5.66. The van der Waals surface area contributed by atoms with E-state index in [4.69, 9.17) is 10.5 Å². The average Bonchev–Trinajstić information content (AvgIpc) is 2.76. The lowest BCUT2D eigenvalue weighted by Gasteiger charge is -2.23. The van der Waals surface area contributed by atoms with E-state index in [1.807, 2.05) is 13.0 Å². The van der Waals surface area contributed by atoms with Crippen LogP contribution in [-0.4, -0.2) is 29.9 Å². The van der Waals surface area contributed by atoms with Crippen molar-refractivity contribution in [3.63, 3.8) is 0 Å². The summed E-state index contributed by atoms with van der Waals surface area (Å²) in [7, 11) is 2.88. The predicted molar refractivity (Wildman–Crippen MR) is 87.1 cm³/mol. The lowest BCUT2D eigenvalue weighted by atomic mass is 10.1. The maximum absolute atomic E-state index is 14.4.